The Labute approximate surface area is 239 Å². The standard InChI is InChI=1S/C27H36N6O7S/c1-16-9-10-17(11-21(16)33-14-22(30-32-33)40-25(35)28-15-27(5,6)36)24(34)29-19-12-18(26(2,3)4)13-20(23(19)39-7)31-41(8,37)38/h9-14,31,36H,15H2,1-8H3,(H,28,35)(H,29,34). The molecule has 1 aromatic heterocycles. The fourth-order valence-electron chi connectivity index (χ4n) is 3.67. The lowest BCUT2D eigenvalue weighted by molar-refractivity contribution is 0.0790. The van der Waals surface area contributed by atoms with Crippen molar-refractivity contribution >= 4 is 33.4 Å². The number of benzene rings is 2. The first-order valence-electron chi connectivity index (χ1n) is 12.6. The van der Waals surface area contributed by atoms with Crippen molar-refractivity contribution in [2.75, 3.05) is 29.9 Å². The van der Waals surface area contributed by atoms with Crippen LogP contribution in [0.3, 0.4) is 0 Å². The van der Waals surface area contributed by atoms with Gasteiger partial charge in [0.05, 0.1) is 42.2 Å². The highest BCUT2D eigenvalue weighted by molar-refractivity contribution is 7.92. The van der Waals surface area contributed by atoms with E-state index < -0.39 is 27.6 Å². The Kier molecular flexibility index (Phi) is 8.98. The molecule has 0 saturated carbocycles. The summed E-state index contributed by atoms with van der Waals surface area (Å²) in [6.07, 6.45) is 1.61. The molecule has 0 unspecified atom stereocenters. The average molecular weight is 589 g/mol. The minimum Gasteiger partial charge on any atom is -0.492 e. The number of carbonyl (C=O) groups is 2. The number of rotatable bonds is 9. The van der Waals surface area contributed by atoms with Gasteiger partial charge in [0.2, 0.25) is 10.0 Å². The van der Waals surface area contributed by atoms with Crippen LogP contribution in [-0.4, -0.2) is 66.0 Å². The molecule has 0 atom stereocenters. The summed E-state index contributed by atoms with van der Waals surface area (Å²) >= 11 is 0. The maximum absolute atomic E-state index is 13.4. The molecule has 4 N–H and O–H groups in total. The van der Waals surface area contributed by atoms with Crippen LogP contribution in [0.1, 0.15) is 56.1 Å². The van der Waals surface area contributed by atoms with Crippen LogP contribution in [0.4, 0.5) is 16.2 Å². The lowest BCUT2D eigenvalue weighted by atomic mass is 9.86. The van der Waals surface area contributed by atoms with Crippen molar-refractivity contribution < 1.29 is 32.6 Å². The minimum atomic E-state index is -3.63. The predicted molar refractivity (Wildman–Crippen MR) is 155 cm³/mol. The summed E-state index contributed by atoms with van der Waals surface area (Å²) in [5, 5.41) is 22.9. The molecule has 0 bridgehead atoms. The number of hydrogen-bond acceptors (Lipinski definition) is 9. The molecule has 0 aliphatic carbocycles. The monoisotopic (exact) mass is 588 g/mol. The van der Waals surface area contributed by atoms with Gasteiger partial charge in [-0.05, 0) is 61.6 Å². The van der Waals surface area contributed by atoms with Crippen LogP contribution >= 0.6 is 0 Å². The van der Waals surface area contributed by atoms with E-state index in [0.29, 0.717) is 5.69 Å². The first-order chi connectivity index (χ1) is 18.9. The number of aliphatic hydroxyl groups is 1. The first-order valence-corrected chi connectivity index (χ1v) is 14.5. The third-order valence-electron chi connectivity index (χ3n) is 5.76. The summed E-state index contributed by atoms with van der Waals surface area (Å²) in [6, 6.07) is 8.36. The lowest BCUT2D eigenvalue weighted by Gasteiger charge is -2.24. The van der Waals surface area contributed by atoms with E-state index in [1.54, 1.807) is 30.3 Å². The van der Waals surface area contributed by atoms with E-state index >= 15 is 0 Å². The number of nitrogens with zero attached hydrogens (tertiary/aromatic N) is 3. The molecular formula is C27H36N6O7S. The van der Waals surface area contributed by atoms with Crippen molar-refractivity contribution in [2.45, 2.75) is 52.6 Å². The molecule has 0 saturated heterocycles. The van der Waals surface area contributed by atoms with Gasteiger partial charge in [0.25, 0.3) is 11.8 Å². The van der Waals surface area contributed by atoms with E-state index in [2.05, 4.69) is 25.7 Å². The van der Waals surface area contributed by atoms with Gasteiger partial charge in [-0.3, -0.25) is 9.52 Å². The van der Waals surface area contributed by atoms with E-state index in [9.17, 15) is 23.1 Å². The van der Waals surface area contributed by atoms with Crippen molar-refractivity contribution in [2.24, 2.45) is 0 Å². The van der Waals surface area contributed by atoms with Gasteiger partial charge in [-0.1, -0.05) is 37.1 Å². The van der Waals surface area contributed by atoms with Gasteiger partial charge in [0.1, 0.15) is 0 Å². The predicted octanol–water partition coefficient (Wildman–Crippen LogP) is 3.36. The lowest BCUT2D eigenvalue weighted by Crippen LogP contribution is -2.39. The maximum Gasteiger partial charge on any atom is 0.414 e. The second-order valence-corrected chi connectivity index (χ2v) is 13.0. The molecule has 41 heavy (non-hydrogen) atoms. The van der Waals surface area contributed by atoms with E-state index in [0.717, 1.165) is 17.4 Å². The molecule has 13 nitrogen and oxygen atoms in total. The SMILES string of the molecule is COc1c(NC(=O)c2ccc(C)c(-n3cc(OC(=O)NCC(C)(C)O)nn3)c2)cc(C(C)(C)C)cc1NS(C)(=O)=O. The largest absolute Gasteiger partial charge is 0.492 e. The number of ether oxygens (including phenoxy) is 2. The molecule has 1 heterocycles. The van der Waals surface area contributed by atoms with Crippen molar-refractivity contribution in [3.05, 3.63) is 53.2 Å². The van der Waals surface area contributed by atoms with E-state index in [1.807, 2.05) is 27.7 Å². The van der Waals surface area contributed by atoms with Gasteiger partial charge in [-0.2, -0.15) is 0 Å². The normalized spacial score (nSPS) is 12.0. The van der Waals surface area contributed by atoms with Gasteiger partial charge in [0.15, 0.2) is 5.75 Å². The number of hydrogen-bond donors (Lipinski definition) is 4. The summed E-state index contributed by atoms with van der Waals surface area (Å²) in [4.78, 5) is 25.4. The molecule has 0 aliphatic rings. The van der Waals surface area contributed by atoms with Gasteiger partial charge in [-0.25, -0.2) is 17.9 Å². The minimum absolute atomic E-state index is 0.0223. The molecule has 0 aliphatic heterocycles. The molecule has 0 radical (unpaired) electrons. The van der Waals surface area contributed by atoms with Gasteiger partial charge < -0.3 is 25.2 Å². The van der Waals surface area contributed by atoms with Crippen molar-refractivity contribution in [1.29, 1.82) is 0 Å². The number of anilines is 2. The van der Waals surface area contributed by atoms with Gasteiger partial charge in [0, 0.05) is 12.1 Å². The topological polar surface area (TPSA) is 174 Å². The number of aryl methyl sites for hydroxylation is 1. The highest BCUT2D eigenvalue weighted by atomic mass is 32.2. The van der Waals surface area contributed by atoms with Crippen LogP contribution in [0.2, 0.25) is 0 Å². The number of amides is 2. The van der Waals surface area contributed by atoms with Crippen LogP contribution < -0.4 is 24.8 Å². The Morgan fingerprint density at radius 3 is 2.32 bits per heavy atom. The second kappa shape index (κ2) is 11.7. The fourth-order valence-corrected chi connectivity index (χ4v) is 4.23. The zero-order valence-electron chi connectivity index (χ0n) is 24.3. The summed E-state index contributed by atoms with van der Waals surface area (Å²) in [5.41, 5.74) is 1.31. The molecular weight excluding hydrogens is 552 g/mol. The molecule has 2 amide bonds. The van der Waals surface area contributed by atoms with Gasteiger partial charge >= 0.3 is 6.09 Å². The smallest absolute Gasteiger partial charge is 0.414 e. The zero-order chi connectivity index (χ0) is 30.8. The van der Waals surface area contributed by atoms with E-state index in [1.165, 1.54) is 31.8 Å². The fraction of sp³-hybridized carbons (Fsp3) is 0.407. The van der Waals surface area contributed by atoms with E-state index in [-0.39, 0.29) is 40.5 Å². The molecule has 2 aromatic carbocycles. The van der Waals surface area contributed by atoms with Crippen molar-refractivity contribution in [3.63, 3.8) is 0 Å². The average Bonchev–Trinajstić information content (AvgIpc) is 3.29. The van der Waals surface area contributed by atoms with Crippen LogP contribution in [-0.2, 0) is 15.4 Å². The highest BCUT2D eigenvalue weighted by Gasteiger charge is 2.23. The number of nitrogens with one attached hydrogen (secondary N) is 3. The van der Waals surface area contributed by atoms with Crippen LogP contribution in [0, 0.1) is 6.92 Å². The number of methoxy groups -OCH3 is 1. The van der Waals surface area contributed by atoms with Crippen LogP contribution in [0.25, 0.3) is 5.69 Å². The highest BCUT2D eigenvalue weighted by Crippen LogP contribution is 2.39. The molecule has 3 rings (SSSR count). The Bertz CT molecular complexity index is 1550. The van der Waals surface area contributed by atoms with Crippen molar-refractivity contribution in [1.82, 2.24) is 20.3 Å². The first kappa shape index (κ1) is 31.4. The molecule has 0 fully saturated rings. The molecule has 14 heteroatoms. The van der Waals surface area contributed by atoms with Gasteiger partial charge in [-0.15, -0.1) is 0 Å². The van der Waals surface area contributed by atoms with Crippen LogP contribution in [0.5, 0.6) is 11.6 Å². The summed E-state index contributed by atoms with van der Waals surface area (Å²) < 4.78 is 38.5. The maximum atomic E-state index is 13.4. The second-order valence-electron chi connectivity index (χ2n) is 11.2. The quantitative estimate of drug-likeness (QED) is 0.292. The van der Waals surface area contributed by atoms with E-state index in [4.69, 9.17) is 9.47 Å². The zero-order valence-corrected chi connectivity index (χ0v) is 25.1. The summed E-state index contributed by atoms with van der Waals surface area (Å²) in [6.45, 7) is 10.8. The Morgan fingerprint density at radius 1 is 1.07 bits per heavy atom. The number of carbonyl (C=O) groups excluding carboxylic acids is 2. The molecule has 0 spiro atoms. The van der Waals surface area contributed by atoms with Crippen LogP contribution in [0.15, 0.2) is 36.5 Å². The molecule has 222 valence electrons. The summed E-state index contributed by atoms with van der Waals surface area (Å²) in [7, 11) is -2.25. The third kappa shape index (κ3) is 8.66. The molecule has 3 aromatic rings. The number of aromatic nitrogens is 3. The Morgan fingerprint density at radius 2 is 1.73 bits per heavy atom. The summed E-state index contributed by atoms with van der Waals surface area (Å²) in [5.74, 6) is -0.407. The number of sulfonamides is 1. The third-order valence-corrected chi connectivity index (χ3v) is 6.35. The Balaban J connectivity index is 1.90. The Hall–Kier alpha value is -4.17. The van der Waals surface area contributed by atoms with Crippen molar-refractivity contribution in [3.8, 4) is 17.3 Å².